The molecule has 1 nitrogen and oxygen atoms in total. The highest BCUT2D eigenvalue weighted by molar-refractivity contribution is 9.10. The molecule has 0 fully saturated rings. The van der Waals surface area contributed by atoms with E-state index >= 15 is 0 Å². The van der Waals surface area contributed by atoms with Gasteiger partial charge < -0.3 is 5.32 Å². The van der Waals surface area contributed by atoms with Gasteiger partial charge in [-0.15, -0.1) is 0 Å². The third-order valence-electron chi connectivity index (χ3n) is 3.85. The molecule has 19 heavy (non-hydrogen) atoms. The molecule has 2 aromatic rings. The van der Waals surface area contributed by atoms with E-state index in [9.17, 15) is 0 Å². The molecule has 1 aliphatic heterocycles. The fraction of sp³-hybridized carbons (Fsp3) is 0.250. The molecule has 98 valence electrons. The van der Waals surface area contributed by atoms with E-state index in [1.165, 1.54) is 16.7 Å². The first-order chi connectivity index (χ1) is 8.89. The molecule has 0 saturated heterocycles. The minimum absolute atomic E-state index is 0.0334. The van der Waals surface area contributed by atoms with Gasteiger partial charge in [-0.1, -0.05) is 41.4 Å². The van der Waals surface area contributed by atoms with Crippen LogP contribution in [0.5, 0.6) is 0 Å². The van der Waals surface area contributed by atoms with Crippen molar-refractivity contribution in [3.63, 3.8) is 0 Å². The van der Waals surface area contributed by atoms with Gasteiger partial charge in [-0.3, -0.25) is 0 Å². The van der Waals surface area contributed by atoms with Gasteiger partial charge in [0.25, 0.3) is 0 Å². The molecular formula is C16H15BrClN. The van der Waals surface area contributed by atoms with Crippen LogP contribution in [-0.2, 0) is 5.41 Å². The average Bonchev–Trinajstić information content (AvgIpc) is 2.29. The molecule has 0 unspecified atom stereocenters. The Hall–Kier alpha value is -0.990. The molecule has 0 spiro atoms. The Kier molecular flexibility index (Phi) is 2.91. The Morgan fingerprint density at radius 2 is 1.84 bits per heavy atom. The zero-order valence-corrected chi connectivity index (χ0v) is 13.5. The molecule has 0 radical (unpaired) electrons. The second kappa shape index (κ2) is 4.26. The summed E-state index contributed by atoms with van der Waals surface area (Å²) in [5, 5.41) is 4.28. The van der Waals surface area contributed by atoms with E-state index in [0.717, 1.165) is 20.9 Å². The van der Waals surface area contributed by atoms with Crippen molar-refractivity contribution in [1.29, 1.82) is 0 Å². The second-order valence-electron chi connectivity index (χ2n) is 5.59. The number of hydrogen-bond donors (Lipinski definition) is 1. The van der Waals surface area contributed by atoms with E-state index in [-0.39, 0.29) is 5.41 Å². The van der Waals surface area contributed by atoms with Gasteiger partial charge in [0.15, 0.2) is 0 Å². The minimum atomic E-state index is -0.0334. The van der Waals surface area contributed by atoms with Gasteiger partial charge in [-0.2, -0.15) is 0 Å². The number of halogens is 2. The van der Waals surface area contributed by atoms with Gasteiger partial charge in [0.2, 0.25) is 0 Å². The van der Waals surface area contributed by atoms with Crippen LogP contribution < -0.4 is 5.32 Å². The summed E-state index contributed by atoms with van der Waals surface area (Å²) >= 11 is 9.74. The normalized spacial score (nSPS) is 15.4. The van der Waals surface area contributed by atoms with E-state index in [1.807, 2.05) is 12.1 Å². The average molecular weight is 337 g/mol. The Morgan fingerprint density at radius 3 is 2.58 bits per heavy atom. The Bertz CT molecular complexity index is 677. The predicted octanol–water partition coefficient (Wildman–Crippen LogP) is 5.79. The molecule has 0 bridgehead atoms. The zero-order chi connectivity index (χ0) is 13.8. The lowest BCUT2D eigenvalue weighted by molar-refractivity contribution is 0.633. The molecule has 1 aliphatic rings. The maximum atomic E-state index is 6.18. The van der Waals surface area contributed by atoms with E-state index in [2.05, 4.69) is 60.2 Å². The fourth-order valence-electron chi connectivity index (χ4n) is 3.09. The van der Waals surface area contributed by atoms with E-state index in [0.29, 0.717) is 0 Å². The van der Waals surface area contributed by atoms with Crippen LogP contribution >= 0.6 is 27.5 Å². The summed E-state index contributed by atoms with van der Waals surface area (Å²) in [6.45, 7) is 6.65. The maximum Gasteiger partial charge on any atom is 0.0443 e. The Balaban J connectivity index is 2.31. The molecule has 3 rings (SSSR count). The summed E-state index contributed by atoms with van der Waals surface area (Å²) in [7, 11) is 0. The lowest BCUT2D eigenvalue weighted by Gasteiger charge is -2.37. The number of anilines is 2. The molecule has 0 aromatic heterocycles. The number of nitrogens with one attached hydrogen (secondary N) is 1. The summed E-state index contributed by atoms with van der Waals surface area (Å²) < 4.78 is 1.11. The van der Waals surface area contributed by atoms with E-state index in [4.69, 9.17) is 11.6 Å². The first-order valence-electron chi connectivity index (χ1n) is 6.27. The highest BCUT2D eigenvalue weighted by atomic mass is 79.9. The van der Waals surface area contributed by atoms with Crippen molar-refractivity contribution in [2.45, 2.75) is 26.2 Å². The van der Waals surface area contributed by atoms with Gasteiger partial charge in [-0.05, 0) is 53.9 Å². The zero-order valence-electron chi connectivity index (χ0n) is 11.1. The molecule has 0 aliphatic carbocycles. The van der Waals surface area contributed by atoms with Crippen molar-refractivity contribution in [3.05, 3.63) is 56.5 Å². The Morgan fingerprint density at radius 1 is 1.11 bits per heavy atom. The molecular weight excluding hydrogens is 322 g/mol. The third kappa shape index (κ3) is 1.98. The molecule has 2 aromatic carbocycles. The topological polar surface area (TPSA) is 12.0 Å². The van der Waals surface area contributed by atoms with Gasteiger partial charge in [0.1, 0.15) is 0 Å². The number of benzene rings is 2. The second-order valence-corrected chi connectivity index (χ2v) is 6.94. The SMILES string of the molecule is Cc1cc(Cl)cc2c1C(C)(C)c1cc(Br)ccc1N2. The third-order valence-corrected chi connectivity index (χ3v) is 4.56. The number of hydrogen-bond acceptors (Lipinski definition) is 1. The summed E-state index contributed by atoms with van der Waals surface area (Å²) in [6.07, 6.45) is 0. The molecule has 1 heterocycles. The molecule has 0 saturated carbocycles. The van der Waals surface area contributed by atoms with Crippen LogP contribution in [0.1, 0.15) is 30.5 Å². The highest BCUT2D eigenvalue weighted by Gasteiger charge is 2.34. The number of aryl methyl sites for hydroxylation is 1. The quantitative estimate of drug-likeness (QED) is 0.641. The largest absolute Gasteiger partial charge is 0.355 e. The summed E-state index contributed by atoms with van der Waals surface area (Å²) in [6, 6.07) is 10.4. The standard InChI is InChI=1S/C16H15BrClN/c1-9-6-11(18)8-14-15(9)16(2,3)12-7-10(17)4-5-13(12)19-14/h4-8,19H,1-3H3. The van der Waals surface area contributed by atoms with Gasteiger partial charge in [-0.25, -0.2) is 0 Å². The molecule has 0 amide bonds. The van der Waals surface area contributed by atoms with Crippen molar-refractivity contribution < 1.29 is 0 Å². The van der Waals surface area contributed by atoms with Crippen LogP contribution in [0.4, 0.5) is 11.4 Å². The first-order valence-corrected chi connectivity index (χ1v) is 7.44. The molecule has 3 heteroatoms. The van der Waals surface area contributed by atoms with Gasteiger partial charge in [0.05, 0.1) is 0 Å². The van der Waals surface area contributed by atoms with Crippen molar-refractivity contribution in [2.75, 3.05) is 5.32 Å². The minimum Gasteiger partial charge on any atom is -0.355 e. The van der Waals surface area contributed by atoms with Crippen LogP contribution in [0.25, 0.3) is 0 Å². The van der Waals surface area contributed by atoms with Crippen molar-refractivity contribution in [2.24, 2.45) is 0 Å². The summed E-state index contributed by atoms with van der Waals surface area (Å²) in [5.74, 6) is 0. The van der Waals surface area contributed by atoms with Gasteiger partial charge in [0, 0.05) is 26.3 Å². The first kappa shape index (κ1) is 13.0. The molecule has 1 N–H and O–H groups in total. The fourth-order valence-corrected chi connectivity index (χ4v) is 3.73. The predicted molar refractivity (Wildman–Crippen MR) is 85.7 cm³/mol. The summed E-state index contributed by atoms with van der Waals surface area (Å²) in [4.78, 5) is 0. The number of rotatable bonds is 0. The summed E-state index contributed by atoms with van der Waals surface area (Å²) in [5.41, 5.74) is 6.09. The number of fused-ring (bicyclic) bond motifs is 2. The lowest BCUT2D eigenvalue weighted by Crippen LogP contribution is -2.27. The van der Waals surface area contributed by atoms with Crippen LogP contribution in [0.15, 0.2) is 34.8 Å². The van der Waals surface area contributed by atoms with Crippen molar-refractivity contribution in [3.8, 4) is 0 Å². The maximum absolute atomic E-state index is 6.18. The van der Waals surface area contributed by atoms with E-state index < -0.39 is 0 Å². The van der Waals surface area contributed by atoms with Crippen LogP contribution in [0.2, 0.25) is 5.02 Å². The van der Waals surface area contributed by atoms with E-state index in [1.54, 1.807) is 0 Å². The lowest BCUT2D eigenvalue weighted by atomic mass is 9.72. The smallest absolute Gasteiger partial charge is 0.0443 e. The van der Waals surface area contributed by atoms with Crippen molar-refractivity contribution in [1.82, 2.24) is 0 Å². The van der Waals surface area contributed by atoms with Crippen LogP contribution in [-0.4, -0.2) is 0 Å². The molecule has 0 atom stereocenters. The highest BCUT2D eigenvalue weighted by Crippen LogP contribution is 2.48. The van der Waals surface area contributed by atoms with Crippen LogP contribution in [0, 0.1) is 6.92 Å². The van der Waals surface area contributed by atoms with Gasteiger partial charge >= 0.3 is 0 Å². The van der Waals surface area contributed by atoms with Crippen LogP contribution in [0.3, 0.4) is 0 Å². The Labute approximate surface area is 127 Å². The monoisotopic (exact) mass is 335 g/mol. The van der Waals surface area contributed by atoms with Crippen molar-refractivity contribution >= 4 is 38.9 Å².